The zero-order valence-electron chi connectivity index (χ0n) is 7.49. The van der Waals surface area contributed by atoms with Crippen molar-refractivity contribution in [2.75, 3.05) is 0 Å². The quantitative estimate of drug-likeness (QED) is 0.645. The van der Waals surface area contributed by atoms with Gasteiger partial charge in [0.1, 0.15) is 6.10 Å². The summed E-state index contributed by atoms with van der Waals surface area (Å²) < 4.78 is 5.15. The monoisotopic (exact) mass is 177 g/mol. The lowest BCUT2D eigenvalue weighted by atomic mass is 10.2. The molecule has 68 valence electrons. The molecule has 0 spiro atoms. The Morgan fingerprint density at radius 2 is 2.38 bits per heavy atom. The second-order valence-electron chi connectivity index (χ2n) is 3.24. The number of hydrogen-bond acceptors (Lipinski definition) is 3. The molecule has 0 amide bonds. The number of aromatic nitrogens is 1. The van der Waals surface area contributed by atoms with Crippen LogP contribution in [0.15, 0.2) is 18.3 Å². The summed E-state index contributed by atoms with van der Waals surface area (Å²) in [5.41, 5.74) is 1.31. The average Bonchev–Trinajstić information content (AvgIpc) is 2.89. The van der Waals surface area contributed by atoms with Crippen LogP contribution in [0.2, 0.25) is 0 Å². The standard InChI is InChI=1S/C10H11NO2/c1-7-9(3-2-6-11-7)10(12)13-8-4-5-8/h2-3,6,8H,4-5H2,1H3. The molecule has 0 N–H and O–H groups in total. The molecule has 1 aromatic rings. The Morgan fingerprint density at radius 3 is 3.00 bits per heavy atom. The summed E-state index contributed by atoms with van der Waals surface area (Å²) in [6, 6.07) is 3.49. The van der Waals surface area contributed by atoms with Gasteiger partial charge in [0.2, 0.25) is 0 Å². The van der Waals surface area contributed by atoms with Crippen molar-refractivity contribution in [3.05, 3.63) is 29.6 Å². The van der Waals surface area contributed by atoms with Crippen molar-refractivity contribution < 1.29 is 9.53 Å². The topological polar surface area (TPSA) is 39.2 Å². The number of esters is 1. The first-order valence-corrected chi connectivity index (χ1v) is 4.40. The number of rotatable bonds is 2. The van der Waals surface area contributed by atoms with Gasteiger partial charge in [0.15, 0.2) is 0 Å². The minimum absolute atomic E-state index is 0.159. The van der Waals surface area contributed by atoms with Crippen LogP contribution in [0.5, 0.6) is 0 Å². The summed E-state index contributed by atoms with van der Waals surface area (Å²) in [5.74, 6) is -0.242. The molecule has 13 heavy (non-hydrogen) atoms. The average molecular weight is 177 g/mol. The molecule has 1 aromatic heterocycles. The SMILES string of the molecule is Cc1ncccc1C(=O)OC1CC1. The lowest BCUT2D eigenvalue weighted by Gasteiger charge is -2.03. The maximum Gasteiger partial charge on any atom is 0.340 e. The zero-order chi connectivity index (χ0) is 9.26. The number of carbonyl (C=O) groups excluding carboxylic acids is 1. The van der Waals surface area contributed by atoms with E-state index in [1.807, 2.05) is 6.92 Å². The zero-order valence-corrected chi connectivity index (χ0v) is 7.49. The summed E-state index contributed by atoms with van der Waals surface area (Å²) >= 11 is 0. The number of carbonyl (C=O) groups is 1. The molecule has 2 rings (SSSR count). The van der Waals surface area contributed by atoms with Crippen molar-refractivity contribution in [3.63, 3.8) is 0 Å². The van der Waals surface area contributed by atoms with Gasteiger partial charge < -0.3 is 4.74 Å². The van der Waals surface area contributed by atoms with Crippen molar-refractivity contribution in [1.82, 2.24) is 4.98 Å². The molecule has 1 aliphatic carbocycles. The lowest BCUT2D eigenvalue weighted by molar-refractivity contribution is 0.0471. The Balaban J connectivity index is 2.13. The molecule has 1 saturated carbocycles. The van der Waals surface area contributed by atoms with Crippen LogP contribution in [0.3, 0.4) is 0 Å². The molecular formula is C10H11NO2. The summed E-state index contributed by atoms with van der Waals surface area (Å²) in [6.07, 6.45) is 3.84. The Bertz CT molecular complexity index is 331. The van der Waals surface area contributed by atoms with Crippen LogP contribution in [-0.2, 0) is 4.74 Å². The number of hydrogen-bond donors (Lipinski definition) is 0. The van der Waals surface area contributed by atoms with E-state index in [0.29, 0.717) is 5.56 Å². The Hall–Kier alpha value is -1.38. The van der Waals surface area contributed by atoms with Crippen molar-refractivity contribution >= 4 is 5.97 Å². The molecule has 1 aliphatic rings. The highest BCUT2D eigenvalue weighted by Crippen LogP contribution is 2.24. The third kappa shape index (κ3) is 1.86. The van der Waals surface area contributed by atoms with Gasteiger partial charge in [-0.1, -0.05) is 0 Å². The minimum Gasteiger partial charge on any atom is -0.459 e. The second-order valence-corrected chi connectivity index (χ2v) is 3.24. The van der Waals surface area contributed by atoms with Gasteiger partial charge in [0.05, 0.1) is 11.3 Å². The van der Waals surface area contributed by atoms with Crippen LogP contribution in [0, 0.1) is 6.92 Å². The Morgan fingerprint density at radius 1 is 1.62 bits per heavy atom. The lowest BCUT2D eigenvalue weighted by Crippen LogP contribution is -2.08. The Kier molecular flexibility index (Phi) is 2.00. The van der Waals surface area contributed by atoms with E-state index in [1.54, 1.807) is 18.3 Å². The van der Waals surface area contributed by atoms with E-state index in [1.165, 1.54) is 0 Å². The molecule has 0 aliphatic heterocycles. The molecule has 0 atom stereocenters. The third-order valence-corrected chi connectivity index (χ3v) is 2.02. The highest BCUT2D eigenvalue weighted by molar-refractivity contribution is 5.90. The van der Waals surface area contributed by atoms with E-state index < -0.39 is 0 Å². The maximum atomic E-state index is 11.5. The summed E-state index contributed by atoms with van der Waals surface area (Å²) in [6.45, 7) is 1.81. The van der Waals surface area contributed by atoms with E-state index in [0.717, 1.165) is 18.5 Å². The number of aryl methyl sites for hydroxylation is 1. The first-order chi connectivity index (χ1) is 6.27. The summed E-state index contributed by atoms with van der Waals surface area (Å²) in [5, 5.41) is 0. The number of ether oxygens (including phenoxy) is 1. The van der Waals surface area contributed by atoms with Crippen LogP contribution < -0.4 is 0 Å². The van der Waals surface area contributed by atoms with Crippen molar-refractivity contribution in [2.24, 2.45) is 0 Å². The second kappa shape index (κ2) is 3.17. The van der Waals surface area contributed by atoms with Gasteiger partial charge in [0.25, 0.3) is 0 Å². The highest BCUT2D eigenvalue weighted by atomic mass is 16.5. The van der Waals surface area contributed by atoms with Crippen LogP contribution in [0.4, 0.5) is 0 Å². The predicted octanol–water partition coefficient (Wildman–Crippen LogP) is 1.71. The van der Waals surface area contributed by atoms with Crippen molar-refractivity contribution in [3.8, 4) is 0 Å². The van der Waals surface area contributed by atoms with Gasteiger partial charge in [-0.05, 0) is 31.9 Å². The molecular weight excluding hydrogens is 166 g/mol. The molecule has 3 heteroatoms. The third-order valence-electron chi connectivity index (χ3n) is 2.02. The summed E-state index contributed by atoms with van der Waals surface area (Å²) in [7, 11) is 0. The van der Waals surface area contributed by atoms with Gasteiger partial charge in [-0.15, -0.1) is 0 Å². The summed E-state index contributed by atoms with van der Waals surface area (Å²) in [4.78, 5) is 15.5. The first-order valence-electron chi connectivity index (χ1n) is 4.40. The molecule has 3 nitrogen and oxygen atoms in total. The van der Waals surface area contributed by atoms with Crippen LogP contribution >= 0.6 is 0 Å². The van der Waals surface area contributed by atoms with Gasteiger partial charge in [0, 0.05) is 6.20 Å². The predicted molar refractivity (Wildman–Crippen MR) is 47.4 cm³/mol. The first kappa shape index (κ1) is 8.23. The van der Waals surface area contributed by atoms with E-state index in [9.17, 15) is 4.79 Å². The largest absolute Gasteiger partial charge is 0.459 e. The number of pyridine rings is 1. The fourth-order valence-electron chi connectivity index (χ4n) is 1.10. The highest BCUT2D eigenvalue weighted by Gasteiger charge is 2.27. The van der Waals surface area contributed by atoms with E-state index >= 15 is 0 Å². The molecule has 0 radical (unpaired) electrons. The smallest absolute Gasteiger partial charge is 0.340 e. The minimum atomic E-state index is -0.242. The van der Waals surface area contributed by atoms with Gasteiger partial charge in [-0.25, -0.2) is 4.79 Å². The molecule has 0 bridgehead atoms. The van der Waals surface area contributed by atoms with Gasteiger partial charge in [-0.3, -0.25) is 4.98 Å². The van der Waals surface area contributed by atoms with Crippen LogP contribution in [0.1, 0.15) is 28.9 Å². The normalized spacial score (nSPS) is 15.5. The van der Waals surface area contributed by atoms with Crippen LogP contribution in [0.25, 0.3) is 0 Å². The van der Waals surface area contributed by atoms with Crippen molar-refractivity contribution in [2.45, 2.75) is 25.9 Å². The van der Waals surface area contributed by atoms with E-state index in [-0.39, 0.29) is 12.1 Å². The molecule has 1 fully saturated rings. The fourth-order valence-corrected chi connectivity index (χ4v) is 1.10. The van der Waals surface area contributed by atoms with Gasteiger partial charge >= 0.3 is 5.97 Å². The number of nitrogens with zero attached hydrogens (tertiary/aromatic N) is 1. The molecule has 0 aromatic carbocycles. The molecule has 0 saturated heterocycles. The fraction of sp³-hybridized carbons (Fsp3) is 0.400. The van der Waals surface area contributed by atoms with Gasteiger partial charge in [-0.2, -0.15) is 0 Å². The van der Waals surface area contributed by atoms with Crippen LogP contribution in [-0.4, -0.2) is 17.1 Å². The molecule has 0 unspecified atom stereocenters. The maximum absolute atomic E-state index is 11.5. The molecule has 1 heterocycles. The Labute approximate surface area is 76.7 Å². The van der Waals surface area contributed by atoms with E-state index in [4.69, 9.17) is 4.74 Å². The van der Waals surface area contributed by atoms with Crippen molar-refractivity contribution in [1.29, 1.82) is 0 Å². The van der Waals surface area contributed by atoms with E-state index in [2.05, 4.69) is 4.98 Å².